The average Bonchev–Trinajstić information content (AvgIpc) is 2.54. The summed E-state index contributed by atoms with van der Waals surface area (Å²) in [7, 11) is 0. The Morgan fingerprint density at radius 1 is 0.917 bits per heavy atom. The van der Waals surface area contributed by atoms with Gasteiger partial charge < -0.3 is 25.7 Å². The summed E-state index contributed by atoms with van der Waals surface area (Å²) in [4.78, 5) is 23.0. The molecule has 2 aromatic carbocycles. The highest BCUT2D eigenvalue weighted by atomic mass is 16.3. The first-order valence-electron chi connectivity index (χ1n) is 6.88. The molecule has 0 fully saturated rings. The van der Waals surface area contributed by atoms with Crippen molar-refractivity contribution in [3.8, 4) is 23.0 Å². The molecule has 0 bridgehead atoms. The molecule has 0 aliphatic carbocycles. The van der Waals surface area contributed by atoms with E-state index in [0.717, 1.165) is 0 Å². The summed E-state index contributed by atoms with van der Waals surface area (Å²) in [6.07, 6.45) is 1.57. The third-order valence-corrected chi connectivity index (χ3v) is 3.23. The van der Waals surface area contributed by atoms with Gasteiger partial charge in [-0.1, -0.05) is 12.1 Å². The predicted octanol–water partition coefficient (Wildman–Crippen LogP) is 1.41. The molecule has 0 heterocycles. The number of carbonyl (C=O) groups is 2. The second kappa shape index (κ2) is 7.19. The highest BCUT2D eigenvalue weighted by molar-refractivity contribution is 6.01. The van der Waals surface area contributed by atoms with Crippen LogP contribution in [0.3, 0.4) is 0 Å². The molecular formula is C17H15NO6. The van der Waals surface area contributed by atoms with Gasteiger partial charge in [0.2, 0.25) is 6.41 Å². The quantitative estimate of drug-likeness (QED) is 0.310. The van der Waals surface area contributed by atoms with Crippen LogP contribution < -0.4 is 5.32 Å². The Balaban J connectivity index is 2.26. The number of hydrogen-bond acceptors (Lipinski definition) is 6. The van der Waals surface area contributed by atoms with E-state index < -0.39 is 5.78 Å². The zero-order valence-corrected chi connectivity index (χ0v) is 12.4. The Kier molecular flexibility index (Phi) is 5.06. The van der Waals surface area contributed by atoms with E-state index in [4.69, 9.17) is 0 Å². The molecule has 0 radical (unpaired) electrons. The molecule has 24 heavy (non-hydrogen) atoms. The number of Topliss-reactive ketones (excluding diaryl/α,β-unsaturated/α-hetero) is 1. The molecule has 0 saturated carbocycles. The fourth-order valence-corrected chi connectivity index (χ4v) is 2.02. The number of nitrogens with one attached hydrogen (secondary N) is 1. The minimum Gasteiger partial charge on any atom is -0.504 e. The smallest absolute Gasteiger partial charge is 0.211 e. The van der Waals surface area contributed by atoms with E-state index in [1.807, 2.05) is 0 Å². The molecule has 2 aromatic rings. The summed E-state index contributed by atoms with van der Waals surface area (Å²) in [6.45, 7) is 0. The summed E-state index contributed by atoms with van der Waals surface area (Å²) >= 11 is 0. The van der Waals surface area contributed by atoms with Crippen molar-refractivity contribution in [2.24, 2.45) is 0 Å². The molecule has 0 unspecified atom stereocenters. The van der Waals surface area contributed by atoms with Crippen molar-refractivity contribution in [1.82, 2.24) is 5.32 Å². The van der Waals surface area contributed by atoms with Gasteiger partial charge in [0.05, 0.1) is 5.70 Å². The average molecular weight is 329 g/mol. The van der Waals surface area contributed by atoms with Gasteiger partial charge in [0, 0.05) is 6.42 Å². The molecule has 124 valence electrons. The first kappa shape index (κ1) is 16.9. The van der Waals surface area contributed by atoms with E-state index in [1.165, 1.54) is 42.5 Å². The van der Waals surface area contributed by atoms with Crippen LogP contribution in [0.4, 0.5) is 0 Å². The summed E-state index contributed by atoms with van der Waals surface area (Å²) < 4.78 is 0. The lowest BCUT2D eigenvalue weighted by Gasteiger charge is -2.07. The van der Waals surface area contributed by atoms with Gasteiger partial charge in [-0.25, -0.2) is 0 Å². The molecule has 2 rings (SSSR count). The van der Waals surface area contributed by atoms with Gasteiger partial charge in [-0.15, -0.1) is 0 Å². The van der Waals surface area contributed by atoms with Gasteiger partial charge in [0.25, 0.3) is 0 Å². The topological polar surface area (TPSA) is 127 Å². The van der Waals surface area contributed by atoms with Crippen LogP contribution in [0.15, 0.2) is 42.1 Å². The molecule has 7 heteroatoms. The van der Waals surface area contributed by atoms with Gasteiger partial charge in [-0.3, -0.25) is 9.59 Å². The first-order valence-corrected chi connectivity index (χ1v) is 6.88. The number of phenolic OH excluding ortho intramolecular Hbond substituents is 4. The van der Waals surface area contributed by atoms with Crippen molar-refractivity contribution in [3.63, 3.8) is 0 Å². The maximum absolute atomic E-state index is 12.3. The molecule has 1 amide bonds. The monoisotopic (exact) mass is 329 g/mol. The third-order valence-electron chi connectivity index (χ3n) is 3.23. The van der Waals surface area contributed by atoms with Crippen molar-refractivity contribution in [3.05, 3.63) is 53.2 Å². The van der Waals surface area contributed by atoms with Crippen LogP contribution >= 0.6 is 0 Å². The van der Waals surface area contributed by atoms with E-state index in [2.05, 4.69) is 5.32 Å². The van der Waals surface area contributed by atoms with Crippen molar-refractivity contribution in [1.29, 1.82) is 0 Å². The lowest BCUT2D eigenvalue weighted by Crippen LogP contribution is -2.20. The highest BCUT2D eigenvalue weighted by Crippen LogP contribution is 2.27. The van der Waals surface area contributed by atoms with Crippen molar-refractivity contribution in [2.75, 3.05) is 0 Å². The number of amides is 1. The predicted molar refractivity (Wildman–Crippen MR) is 85.4 cm³/mol. The van der Waals surface area contributed by atoms with Gasteiger partial charge in [0.15, 0.2) is 28.8 Å². The Morgan fingerprint density at radius 2 is 1.54 bits per heavy atom. The number of benzene rings is 2. The summed E-state index contributed by atoms with van der Waals surface area (Å²) in [5.74, 6) is -1.75. The van der Waals surface area contributed by atoms with Gasteiger partial charge in [0.1, 0.15) is 0 Å². The van der Waals surface area contributed by atoms with E-state index in [1.54, 1.807) is 0 Å². The first-order chi connectivity index (χ1) is 11.4. The van der Waals surface area contributed by atoms with Crippen LogP contribution in [0, 0.1) is 0 Å². The standard InChI is InChI=1S/C17H15NO6/c19-9-18-12(5-10-1-3-13(20)16(23)7-10)15(22)6-11-2-4-14(21)17(24)8-11/h1-5,7-9,20-21,23-24H,6H2,(H,18,19)/b12-5-. The molecule has 0 saturated heterocycles. The molecule has 0 atom stereocenters. The second-order valence-electron chi connectivity index (χ2n) is 4.99. The largest absolute Gasteiger partial charge is 0.504 e. The van der Waals surface area contributed by atoms with Crippen molar-refractivity contribution in [2.45, 2.75) is 6.42 Å². The Labute approximate surface area is 137 Å². The van der Waals surface area contributed by atoms with Crippen LogP contribution in [-0.2, 0) is 16.0 Å². The lowest BCUT2D eigenvalue weighted by molar-refractivity contribution is -0.117. The van der Waals surface area contributed by atoms with Gasteiger partial charge in [-0.2, -0.15) is 0 Å². The van der Waals surface area contributed by atoms with Gasteiger partial charge >= 0.3 is 0 Å². The van der Waals surface area contributed by atoms with E-state index >= 15 is 0 Å². The molecule has 0 aliphatic heterocycles. The van der Waals surface area contributed by atoms with Crippen molar-refractivity contribution < 1.29 is 30.0 Å². The van der Waals surface area contributed by atoms with Crippen molar-refractivity contribution >= 4 is 18.3 Å². The molecule has 5 N–H and O–H groups in total. The van der Waals surface area contributed by atoms with Crippen LogP contribution in [0.25, 0.3) is 6.08 Å². The Hall–Kier alpha value is -3.48. The summed E-state index contributed by atoms with van der Waals surface area (Å²) in [5.41, 5.74) is 0.821. The SMILES string of the molecule is O=CN/C(=C\c1ccc(O)c(O)c1)C(=O)Cc1ccc(O)c(O)c1. The zero-order chi connectivity index (χ0) is 17.7. The minimum atomic E-state index is -0.445. The molecule has 0 aliphatic rings. The van der Waals surface area contributed by atoms with Crippen LogP contribution in [0.1, 0.15) is 11.1 Å². The Bertz CT molecular complexity index is 813. The van der Waals surface area contributed by atoms with Gasteiger partial charge in [-0.05, 0) is 41.5 Å². The fraction of sp³-hybridized carbons (Fsp3) is 0.0588. The number of aromatic hydroxyl groups is 4. The minimum absolute atomic E-state index is 0.0253. The summed E-state index contributed by atoms with van der Waals surface area (Å²) in [6, 6.07) is 7.92. The van der Waals surface area contributed by atoms with E-state index in [0.29, 0.717) is 17.5 Å². The van der Waals surface area contributed by atoms with Crippen LogP contribution in [-0.4, -0.2) is 32.6 Å². The molecule has 7 nitrogen and oxygen atoms in total. The Morgan fingerprint density at radius 3 is 2.12 bits per heavy atom. The maximum Gasteiger partial charge on any atom is 0.211 e. The summed E-state index contributed by atoms with van der Waals surface area (Å²) in [5, 5.41) is 39.7. The third kappa shape index (κ3) is 4.04. The van der Waals surface area contributed by atoms with Crippen LogP contribution in [0.2, 0.25) is 0 Å². The number of hydrogen-bond donors (Lipinski definition) is 5. The van der Waals surface area contributed by atoms with E-state index in [9.17, 15) is 30.0 Å². The lowest BCUT2D eigenvalue weighted by atomic mass is 10.0. The number of phenols is 4. The normalized spacial score (nSPS) is 11.1. The number of rotatable bonds is 6. The molecule has 0 aromatic heterocycles. The molecule has 0 spiro atoms. The maximum atomic E-state index is 12.3. The highest BCUT2D eigenvalue weighted by Gasteiger charge is 2.12. The number of ketones is 1. The molecular weight excluding hydrogens is 314 g/mol. The number of carbonyl (C=O) groups excluding carboxylic acids is 2. The van der Waals surface area contributed by atoms with Crippen LogP contribution in [0.5, 0.6) is 23.0 Å². The zero-order valence-electron chi connectivity index (χ0n) is 12.4. The fourth-order valence-electron chi connectivity index (χ4n) is 2.02. The number of allylic oxidation sites excluding steroid dienone is 1. The second-order valence-corrected chi connectivity index (χ2v) is 4.99. The van der Waals surface area contributed by atoms with E-state index in [-0.39, 0.29) is 35.1 Å².